The normalized spacial score (nSPS) is 15.1. The minimum atomic E-state index is -0.217. The lowest BCUT2D eigenvalue weighted by Crippen LogP contribution is -2.34. The van der Waals surface area contributed by atoms with Gasteiger partial charge in [-0.3, -0.25) is 0 Å². The van der Waals surface area contributed by atoms with Gasteiger partial charge in [0.2, 0.25) is 0 Å². The number of carbonyl (C=O) groups excluding carboxylic acids is 1. The largest absolute Gasteiger partial charge is 0.463 e. The van der Waals surface area contributed by atoms with Crippen molar-refractivity contribution in [1.82, 2.24) is 10.6 Å². The minimum absolute atomic E-state index is 0.217. The Hall–Kier alpha value is -1.81. The molecule has 0 saturated heterocycles. The van der Waals surface area contributed by atoms with Crippen LogP contribution in [0.4, 0.5) is 0 Å². The van der Waals surface area contributed by atoms with Gasteiger partial charge in [-0.25, -0.2) is 4.79 Å². The van der Waals surface area contributed by atoms with E-state index < -0.39 is 0 Å². The fraction of sp³-hybridized carbons (Fsp3) is 0.438. The fourth-order valence-corrected chi connectivity index (χ4v) is 2.21. The zero-order chi connectivity index (χ0) is 14.4. The summed E-state index contributed by atoms with van der Waals surface area (Å²) in [6.45, 7) is 6.51. The van der Waals surface area contributed by atoms with Crippen LogP contribution in [0.3, 0.4) is 0 Å². The second-order valence-corrected chi connectivity index (χ2v) is 4.94. The highest BCUT2D eigenvalue weighted by molar-refractivity contribution is 5.90. The number of ether oxygens (including phenoxy) is 1. The third-order valence-electron chi connectivity index (χ3n) is 3.37. The summed E-state index contributed by atoms with van der Waals surface area (Å²) in [6, 6.07) is 8.40. The maximum Gasteiger partial charge on any atom is 0.337 e. The van der Waals surface area contributed by atoms with Crippen LogP contribution in [0.1, 0.15) is 24.5 Å². The van der Waals surface area contributed by atoms with Gasteiger partial charge in [-0.2, -0.15) is 0 Å². The number of rotatable bonds is 5. The third-order valence-corrected chi connectivity index (χ3v) is 3.37. The topological polar surface area (TPSA) is 50.4 Å². The fourth-order valence-electron chi connectivity index (χ4n) is 2.21. The van der Waals surface area contributed by atoms with E-state index in [-0.39, 0.29) is 5.97 Å². The van der Waals surface area contributed by atoms with Crippen LogP contribution in [0.5, 0.6) is 0 Å². The Kier molecular flexibility index (Phi) is 5.18. The molecule has 1 aliphatic rings. The van der Waals surface area contributed by atoms with E-state index in [1.54, 1.807) is 0 Å². The maximum absolute atomic E-state index is 11.9. The number of nitrogens with one attached hydrogen (secondary N) is 2. The molecule has 20 heavy (non-hydrogen) atoms. The Morgan fingerprint density at radius 1 is 1.35 bits per heavy atom. The van der Waals surface area contributed by atoms with Gasteiger partial charge >= 0.3 is 5.97 Å². The molecule has 0 saturated carbocycles. The quantitative estimate of drug-likeness (QED) is 0.805. The average Bonchev–Trinajstić information content (AvgIpc) is 2.47. The van der Waals surface area contributed by atoms with E-state index in [1.165, 1.54) is 11.1 Å². The van der Waals surface area contributed by atoms with E-state index in [0.717, 1.165) is 30.8 Å². The summed E-state index contributed by atoms with van der Waals surface area (Å²) < 4.78 is 5.10. The molecule has 0 bridgehead atoms. The van der Waals surface area contributed by atoms with Gasteiger partial charge < -0.3 is 15.4 Å². The summed E-state index contributed by atoms with van der Waals surface area (Å²) >= 11 is 0. The zero-order valence-corrected chi connectivity index (χ0v) is 12.2. The van der Waals surface area contributed by atoms with E-state index in [1.807, 2.05) is 6.92 Å². The Morgan fingerprint density at radius 3 is 2.80 bits per heavy atom. The lowest BCUT2D eigenvalue weighted by atomic mass is 10.1. The molecule has 0 amide bonds. The van der Waals surface area contributed by atoms with E-state index in [9.17, 15) is 4.79 Å². The molecule has 0 unspecified atom stereocenters. The average molecular weight is 274 g/mol. The number of carbonyl (C=O) groups is 1. The second kappa shape index (κ2) is 7.10. The van der Waals surface area contributed by atoms with E-state index in [2.05, 4.69) is 41.8 Å². The van der Waals surface area contributed by atoms with Gasteiger partial charge in [-0.05, 0) is 19.4 Å². The highest BCUT2D eigenvalue weighted by Crippen LogP contribution is 2.13. The van der Waals surface area contributed by atoms with Crippen molar-refractivity contribution in [2.45, 2.75) is 26.8 Å². The molecule has 2 N–H and O–H groups in total. The molecular formula is C16H22N2O2. The molecule has 4 nitrogen and oxygen atoms in total. The van der Waals surface area contributed by atoms with Crippen molar-refractivity contribution in [1.29, 1.82) is 0 Å². The van der Waals surface area contributed by atoms with Crippen molar-refractivity contribution in [2.75, 3.05) is 19.7 Å². The molecule has 1 aromatic rings. The first-order valence-electron chi connectivity index (χ1n) is 7.10. The summed E-state index contributed by atoms with van der Waals surface area (Å²) in [5, 5.41) is 6.60. The number of hydrogen-bond donors (Lipinski definition) is 2. The van der Waals surface area contributed by atoms with Gasteiger partial charge in [0, 0.05) is 31.8 Å². The number of aryl methyl sites for hydroxylation is 1. The predicted octanol–water partition coefficient (Wildman–Crippen LogP) is 1.90. The smallest absolute Gasteiger partial charge is 0.337 e. The summed E-state index contributed by atoms with van der Waals surface area (Å²) in [7, 11) is 0. The zero-order valence-electron chi connectivity index (χ0n) is 12.2. The molecule has 1 aliphatic heterocycles. The van der Waals surface area contributed by atoms with Crippen molar-refractivity contribution in [2.24, 2.45) is 0 Å². The van der Waals surface area contributed by atoms with Crippen molar-refractivity contribution in [3.8, 4) is 0 Å². The SMILES string of the molecule is CCOC(=O)C1=C(NCc2ccc(C)cc2)CCNC1. The molecule has 0 fully saturated rings. The highest BCUT2D eigenvalue weighted by Gasteiger charge is 2.19. The second-order valence-electron chi connectivity index (χ2n) is 4.94. The molecular weight excluding hydrogens is 252 g/mol. The summed E-state index contributed by atoms with van der Waals surface area (Å²) in [4.78, 5) is 11.9. The van der Waals surface area contributed by atoms with Crippen molar-refractivity contribution in [3.05, 3.63) is 46.7 Å². The van der Waals surface area contributed by atoms with Gasteiger partial charge in [0.1, 0.15) is 0 Å². The first-order chi connectivity index (χ1) is 9.70. The van der Waals surface area contributed by atoms with E-state index >= 15 is 0 Å². The molecule has 0 radical (unpaired) electrons. The summed E-state index contributed by atoms with van der Waals surface area (Å²) in [5.74, 6) is -0.217. The Balaban J connectivity index is 2.04. The molecule has 1 aromatic carbocycles. The predicted molar refractivity (Wildman–Crippen MR) is 79.2 cm³/mol. The Morgan fingerprint density at radius 2 is 2.10 bits per heavy atom. The molecule has 2 rings (SSSR count). The van der Waals surface area contributed by atoms with Crippen molar-refractivity contribution >= 4 is 5.97 Å². The molecule has 1 heterocycles. The number of esters is 1. The van der Waals surface area contributed by atoms with Crippen LogP contribution in [0.25, 0.3) is 0 Å². The van der Waals surface area contributed by atoms with Crippen molar-refractivity contribution < 1.29 is 9.53 Å². The van der Waals surface area contributed by atoms with Gasteiger partial charge in [-0.1, -0.05) is 29.8 Å². The van der Waals surface area contributed by atoms with Gasteiger partial charge in [0.15, 0.2) is 0 Å². The molecule has 0 aromatic heterocycles. The van der Waals surface area contributed by atoms with Crippen LogP contribution in [-0.4, -0.2) is 25.7 Å². The van der Waals surface area contributed by atoms with Crippen LogP contribution >= 0.6 is 0 Å². The van der Waals surface area contributed by atoms with Gasteiger partial charge in [-0.15, -0.1) is 0 Å². The van der Waals surface area contributed by atoms with Gasteiger partial charge in [0.25, 0.3) is 0 Å². The van der Waals surface area contributed by atoms with E-state index in [4.69, 9.17) is 4.74 Å². The minimum Gasteiger partial charge on any atom is -0.463 e. The highest BCUT2D eigenvalue weighted by atomic mass is 16.5. The Labute approximate surface area is 120 Å². The van der Waals surface area contributed by atoms with Crippen LogP contribution in [0.2, 0.25) is 0 Å². The Bertz CT molecular complexity index is 492. The summed E-state index contributed by atoms with van der Waals surface area (Å²) in [5.41, 5.74) is 4.19. The molecule has 0 atom stereocenters. The van der Waals surface area contributed by atoms with E-state index in [0.29, 0.717) is 13.2 Å². The number of benzene rings is 1. The molecule has 0 aliphatic carbocycles. The first kappa shape index (κ1) is 14.6. The van der Waals surface area contributed by atoms with Crippen molar-refractivity contribution in [3.63, 3.8) is 0 Å². The van der Waals surface area contributed by atoms with Crippen LogP contribution in [-0.2, 0) is 16.1 Å². The lowest BCUT2D eigenvalue weighted by molar-refractivity contribution is -0.138. The van der Waals surface area contributed by atoms with Crippen LogP contribution < -0.4 is 10.6 Å². The van der Waals surface area contributed by atoms with Gasteiger partial charge in [0.05, 0.1) is 12.2 Å². The molecule has 108 valence electrons. The first-order valence-corrected chi connectivity index (χ1v) is 7.10. The van der Waals surface area contributed by atoms with Crippen LogP contribution in [0.15, 0.2) is 35.5 Å². The third kappa shape index (κ3) is 3.84. The standard InChI is InChI=1S/C16H22N2O2/c1-3-20-16(19)14-11-17-9-8-15(14)18-10-13-6-4-12(2)5-7-13/h4-7,17-18H,3,8-11H2,1-2H3. The summed E-state index contributed by atoms with van der Waals surface area (Å²) in [6.07, 6.45) is 0.833. The lowest BCUT2D eigenvalue weighted by Gasteiger charge is -2.21. The monoisotopic (exact) mass is 274 g/mol. The molecule has 4 heteroatoms. The maximum atomic E-state index is 11.9. The number of hydrogen-bond acceptors (Lipinski definition) is 4. The molecule has 0 spiro atoms. The van der Waals surface area contributed by atoms with Crippen LogP contribution in [0, 0.1) is 6.92 Å².